The van der Waals surface area contributed by atoms with Gasteiger partial charge in [-0.1, -0.05) is 66.4 Å². The van der Waals surface area contributed by atoms with E-state index in [2.05, 4.69) is 10.2 Å². The molecule has 0 aliphatic heterocycles. The number of ether oxygens (including phenoxy) is 2. The molecule has 8 nitrogen and oxygen atoms in total. The molecule has 0 fully saturated rings. The number of nitro groups is 1. The van der Waals surface area contributed by atoms with Crippen molar-refractivity contribution in [1.82, 2.24) is 14.8 Å². The van der Waals surface area contributed by atoms with Gasteiger partial charge in [0.2, 0.25) is 6.54 Å². The average Bonchev–Trinajstić information content (AvgIpc) is 3.22. The van der Waals surface area contributed by atoms with E-state index in [4.69, 9.17) is 9.47 Å². The second-order valence-electron chi connectivity index (χ2n) is 7.51. The van der Waals surface area contributed by atoms with E-state index >= 15 is 0 Å². The second kappa shape index (κ2) is 10.8. The third kappa shape index (κ3) is 5.55. The third-order valence-corrected chi connectivity index (χ3v) is 6.35. The predicted molar refractivity (Wildman–Crippen MR) is 130 cm³/mol. The Labute approximate surface area is 201 Å². The molecule has 0 amide bonds. The summed E-state index contributed by atoms with van der Waals surface area (Å²) in [5.74, 6) is 1.79. The van der Waals surface area contributed by atoms with Crippen LogP contribution in [0.5, 0.6) is 11.5 Å². The lowest BCUT2D eigenvalue weighted by atomic mass is 10.1. The van der Waals surface area contributed by atoms with Crippen molar-refractivity contribution in [2.75, 3.05) is 13.7 Å². The largest absolute Gasteiger partial charge is 0.493 e. The van der Waals surface area contributed by atoms with Gasteiger partial charge in [-0.3, -0.25) is 14.7 Å². The Balaban J connectivity index is 1.60. The van der Waals surface area contributed by atoms with Gasteiger partial charge in [0.1, 0.15) is 17.7 Å². The highest BCUT2D eigenvalue weighted by Crippen LogP contribution is 2.39. The van der Waals surface area contributed by atoms with Crippen LogP contribution in [-0.4, -0.2) is 33.3 Å². The highest BCUT2D eigenvalue weighted by molar-refractivity contribution is 7.99. The van der Waals surface area contributed by atoms with Crippen molar-refractivity contribution in [2.45, 2.75) is 23.9 Å². The zero-order chi connectivity index (χ0) is 23.9. The minimum absolute atomic E-state index is 0.279. The highest BCUT2D eigenvalue weighted by Gasteiger charge is 2.25. The number of methoxy groups -OCH3 is 1. The molecule has 3 aromatic carbocycles. The zero-order valence-corrected chi connectivity index (χ0v) is 19.6. The van der Waals surface area contributed by atoms with Crippen LogP contribution in [0.1, 0.15) is 22.2 Å². The van der Waals surface area contributed by atoms with Gasteiger partial charge in [0.25, 0.3) is 0 Å². The Kier molecular flexibility index (Phi) is 7.44. The summed E-state index contributed by atoms with van der Waals surface area (Å²) in [4.78, 5) is 11.2. The lowest BCUT2D eigenvalue weighted by Gasteiger charge is -2.17. The van der Waals surface area contributed by atoms with E-state index in [1.54, 1.807) is 19.2 Å². The van der Waals surface area contributed by atoms with Crippen LogP contribution >= 0.6 is 11.8 Å². The van der Waals surface area contributed by atoms with Crippen molar-refractivity contribution in [3.05, 3.63) is 106 Å². The van der Waals surface area contributed by atoms with Gasteiger partial charge in [0, 0.05) is 10.6 Å². The van der Waals surface area contributed by atoms with Crippen LogP contribution < -0.4 is 9.47 Å². The van der Waals surface area contributed by atoms with E-state index in [9.17, 15) is 10.1 Å². The van der Waals surface area contributed by atoms with Crippen molar-refractivity contribution in [1.29, 1.82) is 0 Å². The van der Waals surface area contributed by atoms with Crippen molar-refractivity contribution < 1.29 is 14.4 Å². The Morgan fingerprint density at radius 2 is 1.71 bits per heavy atom. The molecule has 0 spiro atoms. The summed E-state index contributed by atoms with van der Waals surface area (Å²) < 4.78 is 13.4. The van der Waals surface area contributed by atoms with Crippen LogP contribution in [-0.2, 0) is 6.61 Å². The lowest BCUT2D eigenvalue weighted by molar-refractivity contribution is -0.479. The summed E-state index contributed by atoms with van der Waals surface area (Å²) in [6, 6.07) is 24.9. The van der Waals surface area contributed by atoms with Crippen LogP contribution in [0.15, 0.2) is 84.0 Å². The number of benzene rings is 3. The highest BCUT2D eigenvalue weighted by atomic mass is 32.2. The van der Waals surface area contributed by atoms with E-state index < -0.39 is 5.25 Å². The minimum Gasteiger partial charge on any atom is -0.493 e. The molecule has 0 radical (unpaired) electrons. The topological polar surface area (TPSA) is 92.3 Å². The van der Waals surface area contributed by atoms with Crippen LogP contribution in [0.3, 0.4) is 0 Å². The molecule has 0 bridgehead atoms. The Hall–Kier alpha value is -3.85. The Morgan fingerprint density at radius 1 is 1.00 bits per heavy atom. The summed E-state index contributed by atoms with van der Waals surface area (Å²) in [6.45, 7) is 1.97. The van der Waals surface area contributed by atoms with Crippen molar-refractivity contribution in [2.24, 2.45) is 0 Å². The number of rotatable bonds is 10. The van der Waals surface area contributed by atoms with Gasteiger partial charge in [-0.25, -0.2) is 0 Å². The Morgan fingerprint density at radius 3 is 2.38 bits per heavy atom. The first-order valence-electron chi connectivity index (χ1n) is 10.7. The molecule has 4 rings (SSSR count). The maximum atomic E-state index is 11.5. The summed E-state index contributed by atoms with van der Waals surface area (Å²) in [5, 5.41) is 20.1. The van der Waals surface area contributed by atoms with E-state index in [0.717, 1.165) is 16.8 Å². The van der Waals surface area contributed by atoms with Crippen molar-refractivity contribution in [3.63, 3.8) is 0 Å². The zero-order valence-electron chi connectivity index (χ0n) is 18.8. The molecule has 0 saturated carbocycles. The summed E-state index contributed by atoms with van der Waals surface area (Å²) >= 11 is 1.30. The molecule has 174 valence electrons. The first-order valence-corrected chi connectivity index (χ1v) is 11.5. The molecular weight excluding hydrogens is 452 g/mol. The normalized spacial score (nSPS) is 11.7. The molecule has 34 heavy (non-hydrogen) atoms. The third-order valence-electron chi connectivity index (χ3n) is 5.17. The number of aryl methyl sites for hydroxylation is 1. The predicted octanol–water partition coefficient (Wildman–Crippen LogP) is 5.27. The molecule has 1 atom stereocenters. The monoisotopic (exact) mass is 476 g/mol. The Bertz CT molecular complexity index is 1250. The van der Waals surface area contributed by atoms with Gasteiger partial charge in [0.15, 0.2) is 16.7 Å². The summed E-state index contributed by atoms with van der Waals surface area (Å²) in [6.07, 6.45) is 0. The fourth-order valence-electron chi connectivity index (χ4n) is 3.51. The number of thioether (sulfide) groups is 1. The molecule has 0 unspecified atom stereocenters. The molecule has 0 saturated heterocycles. The van der Waals surface area contributed by atoms with Gasteiger partial charge in [-0.05, 0) is 42.3 Å². The second-order valence-corrected chi connectivity index (χ2v) is 8.68. The van der Waals surface area contributed by atoms with Gasteiger partial charge >= 0.3 is 0 Å². The SMILES string of the molecule is COc1cc([C@H](C[N+](=O)[O-])Sc2nnc(C)n2-c2ccccc2)ccc1OCc1ccccc1. The first-order chi connectivity index (χ1) is 16.5. The molecule has 1 heterocycles. The molecule has 1 aromatic heterocycles. The standard InChI is InChI=1S/C25H24N4O4S/c1-18-26-27-25(29(18)21-11-7-4-8-12-21)34-24(16-28(30)31)20-13-14-22(23(15-20)32-2)33-17-19-9-5-3-6-10-19/h3-15,24H,16-17H2,1-2H3/t24-/m0/s1. The van der Waals surface area contributed by atoms with Crippen LogP contribution in [0.25, 0.3) is 5.69 Å². The molecule has 0 N–H and O–H groups in total. The lowest BCUT2D eigenvalue weighted by Crippen LogP contribution is -2.11. The maximum absolute atomic E-state index is 11.5. The molecule has 0 aliphatic carbocycles. The van der Waals surface area contributed by atoms with Crippen LogP contribution in [0.2, 0.25) is 0 Å². The quantitative estimate of drug-likeness (QED) is 0.175. The van der Waals surface area contributed by atoms with Crippen LogP contribution in [0.4, 0.5) is 0 Å². The van der Waals surface area contributed by atoms with Crippen LogP contribution in [0, 0.1) is 17.0 Å². The number of hydrogen-bond acceptors (Lipinski definition) is 7. The minimum atomic E-state index is -0.502. The van der Waals surface area contributed by atoms with Gasteiger partial charge < -0.3 is 9.47 Å². The number of aromatic nitrogens is 3. The summed E-state index contributed by atoms with van der Waals surface area (Å²) in [7, 11) is 1.56. The number of nitrogens with zero attached hydrogens (tertiary/aromatic N) is 4. The average molecular weight is 477 g/mol. The van der Waals surface area contributed by atoms with Crippen molar-refractivity contribution in [3.8, 4) is 17.2 Å². The smallest absolute Gasteiger partial charge is 0.220 e. The maximum Gasteiger partial charge on any atom is 0.220 e. The number of hydrogen-bond donors (Lipinski definition) is 0. The first kappa shape index (κ1) is 23.3. The van der Waals surface area contributed by atoms with E-state index in [0.29, 0.717) is 29.1 Å². The van der Waals surface area contributed by atoms with Gasteiger partial charge in [-0.2, -0.15) is 0 Å². The molecule has 9 heteroatoms. The number of para-hydroxylation sites is 1. The molecule has 0 aliphatic rings. The van der Waals surface area contributed by atoms with Gasteiger partial charge in [-0.15, -0.1) is 10.2 Å². The van der Waals surface area contributed by atoms with E-state index in [1.807, 2.05) is 78.2 Å². The fourth-order valence-corrected chi connectivity index (χ4v) is 4.67. The molecular formula is C25H24N4O4S. The fraction of sp³-hybridized carbons (Fsp3) is 0.200. The van der Waals surface area contributed by atoms with Crippen molar-refractivity contribution >= 4 is 11.8 Å². The van der Waals surface area contributed by atoms with Gasteiger partial charge in [0.05, 0.1) is 7.11 Å². The van der Waals surface area contributed by atoms with E-state index in [1.165, 1.54) is 11.8 Å². The van der Waals surface area contributed by atoms with E-state index in [-0.39, 0.29) is 11.5 Å². The summed E-state index contributed by atoms with van der Waals surface area (Å²) in [5.41, 5.74) is 2.67. The molecule has 4 aromatic rings.